The summed E-state index contributed by atoms with van der Waals surface area (Å²) in [4.78, 5) is 4.22. The molecular weight excluding hydrogens is 292 g/mol. The quantitative estimate of drug-likeness (QED) is 0.941. The third kappa shape index (κ3) is 3.31. The van der Waals surface area contributed by atoms with Gasteiger partial charge in [-0.15, -0.1) is 0 Å². The fourth-order valence-electron chi connectivity index (χ4n) is 1.64. The number of ether oxygens (including phenoxy) is 1. The van der Waals surface area contributed by atoms with Crippen molar-refractivity contribution in [2.75, 3.05) is 0 Å². The minimum absolute atomic E-state index is 0.0683. The lowest BCUT2D eigenvalue weighted by atomic mass is 10.1. The van der Waals surface area contributed by atoms with Crippen LogP contribution in [0.15, 0.2) is 47.1 Å². The van der Waals surface area contributed by atoms with E-state index in [4.69, 9.17) is 10.5 Å². The van der Waals surface area contributed by atoms with Crippen LogP contribution in [0.5, 0.6) is 5.75 Å². The number of pyridine rings is 1. The zero-order valence-corrected chi connectivity index (χ0v) is 11.7. The molecule has 2 N–H and O–H groups in total. The van der Waals surface area contributed by atoms with Gasteiger partial charge in [0.1, 0.15) is 12.4 Å². The molecule has 1 aromatic carbocycles. The van der Waals surface area contributed by atoms with Crippen molar-refractivity contribution in [2.24, 2.45) is 5.73 Å². The Morgan fingerprint density at radius 1 is 1.33 bits per heavy atom. The van der Waals surface area contributed by atoms with Gasteiger partial charge in [-0.2, -0.15) is 0 Å². The monoisotopic (exact) mass is 306 g/mol. The molecule has 18 heavy (non-hydrogen) atoms. The highest BCUT2D eigenvalue weighted by molar-refractivity contribution is 9.10. The molecule has 0 aliphatic carbocycles. The lowest BCUT2D eigenvalue weighted by Gasteiger charge is -2.14. The van der Waals surface area contributed by atoms with E-state index in [1.54, 1.807) is 6.20 Å². The summed E-state index contributed by atoms with van der Waals surface area (Å²) in [5.74, 6) is 0.804. The van der Waals surface area contributed by atoms with Crippen molar-refractivity contribution in [1.82, 2.24) is 4.98 Å². The number of nitrogens with two attached hydrogens (primary N) is 1. The molecule has 1 aromatic heterocycles. The maximum absolute atomic E-state index is 5.94. The topological polar surface area (TPSA) is 48.1 Å². The number of nitrogens with zero attached hydrogens (tertiary/aromatic N) is 1. The number of halogens is 1. The maximum atomic E-state index is 5.94. The molecule has 0 fully saturated rings. The van der Waals surface area contributed by atoms with Crippen molar-refractivity contribution in [2.45, 2.75) is 19.6 Å². The molecule has 3 nitrogen and oxygen atoms in total. The van der Waals surface area contributed by atoms with Gasteiger partial charge in [0.05, 0.1) is 5.69 Å². The average molecular weight is 307 g/mol. The number of rotatable bonds is 4. The molecule has 0 spiro atoms. The maximum Gasteiger partial charge on any atom is 0.130 e. The third-order valence-corrected chi connectivity index (χ3v) is 3.06. The van der Waals surface area contributed by atoms with E-state index in [-0.39, 0.29) is 6.04 Å². The number of benzene rings is 1. The van der Waals surface area contributed by atoms with Crippen molar-refractivity contribution in [1.29, 1.82) is 0 Å². The second kappa shape index (κ2) is 5.98. The first-order valence-electron chi connectivity index (χ1n) is 5.74. The predicted molar refractivity (Wildman–Crippen MR) is 75.3 cm³/mol. The number of hydrogen-bond acceptors (Lipinski definition) is 3. The first-order chi connectivity index (χ1) is 8.66. The van der Waals surface area contributed by atoms with E-state index >= 15 is 0 Å². The molecular formula is C14H15BrN2O. The third-order valence-electron chi connectivity index (χ3n) is 2.56. The van der Waals surface area contributed by atoms with E-state index in [9.17, 15) is 0 Å². The summed E-state index contributed by atoms with van der Waals surface area (Å²) in [7, 11) is 0. The van der Waals surface area contributed by atoms with E-state index < -0.39 is 0 Å². The minimum atomic E-state index is -0.0683. The van der Waals surface area contributed by atoms with Gasteiger partial charge in [-0.3, -0.25) is 4.98 Å². The highest BCUT2D eigenvalue weighted by atomic mass is 79.9. The van der Waals surface area contributed by atoms with Crippen molar-refractivity contribution in [3.8, 4) is 5.75 Å². The summed E-state index contributed by atoms with van der Waals surface area (Å²) in [6, 6.07) is 11.5. The second-order valence-electron chi connectivity index (χ2n) is 4.08. The Hall–Kier alpha value is -1.39. The molecule has 1 heterocycles. The molecule has 0 radical (unpaired) electrons. The van der Waals surface area contributed by atoms with Crippen molar-refractivity contribution >= 4 is 15.9 Å². The molecule has 0 amide bonds. The summed E-state index contributed by atoms with van der Waals surface area (Å²) in [5, 5.41) is 0. The van der Waals surface area contributed by atoms with Gasteiger partial charge < -0.3 is 10.5 Å². The molecule has 2 rings (SSSR count). The van der Waals surface area contributed by atoms with Crippen LogP contribution in [0.2, 0.25) is 0 Å². The molecule has 2 aromatic rings. The molecule has 0 saturated heterocycles. The van der Waals surface area contributed by atoms with E-state index in [0.717, 1.165) is 21.5 Å². The lowest BCUT2D eigenvalue weighted by molar-refractivity contribution is 0.296. The van der Waals surface area contributed by atoms with Gasteiger partial charge in [0.15, 0.2) is 0 Å². The summed E-state index contributed by atoms with van der Waals surface area (Å²) in [5.41, 5.74) is 7.82. The van der Waals surface area contributed by atoms with Crippen molar-refractivity contribution in [3.05, 3.63) is 58.3 Å². The van der Waals surface area contributed by atoms with Crippen molar-refractivity contribution < 1.29 is 4.74 Å². The van der Waals surface area contributed by atoms with Crippen LogP contribution in [0.3, 0.4) is 0 Å². The summed E-state index contributed by atoms with van der Waals surface area (Å²) in [6.07, 6.45) is 1.76. The Balaban J connectivity index is 2.14. The fraction of sp³-hybridized carbons (Fsp3) is 0.214. The summed E-state index contributed by atoms with van der Waals surface area (Å²) in [6.45, 7) is 2.39. The number of aromatic nitrogens is 1. The van der Waals surface area contributed by atoms with Crippen LogP contribution in [-0.4, -0.2) is 4.98 Å². The summed E-state index contributed by atoms with van der Waals surface area (Å²) >= 11 is 3.44. The molecule has 1 atom stereocenters. The van der Waals surface area contributed by atoms with Crippen LogP contribution >= 0.6 is 15.9 Å². The normalized spacial score (nSPS) is 12.2. The Bertz CT molecular complexity index is 514. The number of hydrogen-bond donors (Lipinski definition) is 1. The van der Waals surface area contributed by atoms with E-state index in [1.165, 1.54) is 0 Å². The Morgan fingerprint density at radius 3 is 2.83 bits per heavy atom. The van der Waals surface area contributed by atoms with Crippen LogP contribution in [-0.2, 0) is 6.61 Å². The highest BCUT2D eigenvalue weighted by Gasteiger charge is 2.09. The Kier molecular flexibility index (Phi) is 4.33. The van der Waals surface area contributed by atoms with Gasteiger partial charge in [-0.1, -0.05) is 22.0 Å². The minimum Gasteiger partial charge on any atom is -0.487 e. The van der Waals surface area contributed by atoms with Gasteiger partial charge in [0.2, 0.25) is 0 Å². The SMILES string of the molecule is C[C@@H](N)c1cc(Br)ccc1OCc1ccccn1. The van der Waals surface area contributed by atoms with Crippen LogP contribution < -0.4 is 10.5 Å². The molecule has 4 heteroatoms. The van der Waals surface area contributed by atoms with Crippen LogP contribution in [0.4, 0.5) is 0 Å². The average Bonchev–Trinajstić information content (AvgIpc) is 2.38. The zero-order chi connectivity index (χ0) is 13.0. The largest absolute Gasteiger partial charge is 0.487 e. The highest BCUT2D eigenvalue weighted by Crippen LogP contribution is 2.27. The standard InChI is InChI=1S/C14H15BrN2O/c1-10(16)13-8-11(15)5-6-14(13)18-9-12-4-2-3-7-17-12/h2-8,10H,9,16H2,1H3/t10-/m1/s1. The molecule has 0 saturated carbocycles. The van der Waals surface area contributed by atoms with Gasteiger partial charge >= 0.3 is 0 Å². The predicted octanol–water partition coefficient (Wildman–Crippen LogP) is 3.44. The van der Waals surface area contributed by atoms with Gasteiger partial charge in [0, 0.05) is 22.3 Å². The molecule has 0 aliphatic heterocycles. The van der Waals surface area contributed by atoms with E-state index in [2.05, 4.69) is 20.9 Å². The smallest absolute Gasteiger partial charge is 0.130 e. The summed E-state index contributed by atoms with van der Waals surface area (Å²) < 4.78 is 6.78. The van der Waals surface area contributed by atoms with Gasteiger partial charge in [0.25, 0.3) is 0 Å². The lowest BCUT2D eigenvalue weighted by Crippen LogP contribution is -2.08. The van der Waals surface area contributed by atoms with Crippen LogP contribution in [0.1, 0.15) is 24.2 Å². The second-order valence-corrected chi connectivity index (χ2v) is 5.00. The van der Waals surface area contributed by atoms with Gasteiger partial charge in [-0.05, 0) is 37.3 Å². The Labute approximate surface area is 115 Å². The van der Waals surface area contributed by atoms with Gasteiger partial charge in [-0.25, -0.2) is 0 Å². The molecule has 0 unspecified atom stereocenters. The van der Waals surface area contributed by atoms with Crippen LogP contribution in [0.25, 0.3) is 0 Å². The first kappa shape index (κ1) is 13.1. The fourth-order valence-corrected chi connectivity index (χ4v) is 2.02. The molecule has 0 aliphatic rings. The molecule has 94 valence electrons. The van der Waals surface area contributed by atoms with Crippen LogP contribution in [0, 0.1) is 0 Å². The van der Waals surface area contributed by atoms with E-state index in [0.29, 0.717) is 6.61 Å². The Morgan fingerprint density at radius 2 is 2.17 bits per heavy atom. The van der Waals surface area contributed by atoms with E-state index in [1.807, 2.05) is 43.3 Å². The first-order valence-corrected chi connectivity index (χ1v) is 6.54. The zero-order valence-electron chi connectivity index (χ0n) is 10.1. The molecule has 0 bridgehead atoms. The van der Waals surface area contributed by atoms with Crippen molar-refractivity contribution in [3.63, 3.8) is 0 Å².